The van der Waals surface area contributed by atoms with Crippen LogP contribution in [0, 0.1) is 6.92 Å². The summed E-state index contributed by atoms with van der Waals surface area (Å²) >= 11 is 0. The first-order valence-corrected chi connectivity index (χ1v) is 5.15. The van der Waals surface area contributed by atoms with Crippen LogP contribution in [0.15, 0.2) is 6.20 Å². The monoisotopic (exact) mass is 251 g/mol. The van der Waals surface area contributed by atoms with Crippen molar-refractivity contribution in [2.45, 2.75) is 19.1 Å². The first-order chi connectivity index (χ1) is 7.85. The van der Waals surface area contributed by atoms with Gasteiger partial charge in [-0.05, 0) is 19.5 Å². The van der Waals surface area contributed by atoms with Crippen LogP contribution in [0.1, 0.15) is 17.3 Å². The van der Waals surface area contributed by atoms with E-state index in [0.717, 1.165) is 11.3 Å². The lowest BCUT2D eigenvalue weighted by atomic mass is 10.1. The number of aromatic nitrogens is 2. The molecular weight excluding hydrogens is 235 g/mol. The van der Waals surface area contributed by atoms with E-state index in [2.05, 4.69) is 15.2 Å². The minimum absolute atomic E-state index is 0.0453. The zero-order valence-electron chi connectivity index (χ0n) is 10.0. The first kappa shape index (κ1) is 14.0. The maximum atomic E-state index is 11.9. The van der Waals surface area contributed by atoms with Crippen molar-refractivity contribution in [3.63, 3.8) is 0 Å². The highest BCUT2D eigenvalue weighted by Gasteiger charge is 2.28. The van der Waals surface area contributed by atoms with Gasteiger partial charge in [-0.15, -0.1) is 0 Å². The zero-order valence-corrected chi connectivity index (χ0v) is 10.0. The average molecular weight is 251 g/mol. The van der Waals surface area contributed by atoms with Crippen molar-refractivity contribution in [3.8, 4) is 0 Å². The highest BCUT2D eigenvalue weighted by molar-refractivity contribution is 5.19. The third kappa shape index (κ3) is 4.01. The Morgan fingerprint density at radius 1 is 1.53 bits per heavy atom. The molecule has 4 nitrogen and oxygen atoms in total. The molecule has 7 heteroatoms. The number of rotatable bonds is 5. The van der Waals surface area contributed by atoms with Gasteiger partial charge < -0.3 is 10.1 Å². The quantitative estimate of drug-likeness (QED) is 0.863. The predicted molar refractivity (Wildman–Crippen MR) is 56.6 cm³/mol. The van der Waals surface area contributed by atoms with Crippen LogP contribution < -0.4 is 5.32 Å². The van der Waals surface area contributed by atoms with Crippen LogP contribution in [0.25, 0.3) is 0 Å². The lowest BCUT2D eigenvalue weighted by Gasteiger charge is -2.18. The maximum Gasteiger partial charge on any atom is 0.411 e. The van der Waals surface area contributed by atoms with Gasteiger partial charge >= 0.3 is 6.18 Å². The maximum absolute atomic E-state index is 11.9. The van der Waals surface area contributed by atoms with Gasteiger partial charge in [-0.1, -0.05) is 0 Å². The van der Waals surface area contributed by atoms with E-state index in [-0.39, 0.29) is 12.6 Å². The van der Waals surface area contributed by atoms with E-state index in [9.17, 15) is 13.2 Å². The fourth-order valence-corrected chi connectivity index (χ4v) is 1.65. The van der Waals surface area contributed by atoms with Crippen LogP contribution in [-0.4, -0.2) is 36.2 Å². The van der Waals surface area contributed by atoms with E-state index in [1.807, 2.05) is 6.92 Å². The second-order valence-electron chi connectivity index (χ2n) is 3.81. The highest BCUT2D eigenvalue weighted by Crippen LogP contribution is 2.19. The van der Waals surface area contributed by atoms with E-state index in [1.165, 1.54) is 0 Å². The molecule has 98 valence electrons. The molecule has 1 aromatic rings. The molecule has 17 heavy (non-hydrogen) atoms. The van der Waals surface area contributed by atoms with E-state index in [1.54, 1.807) is 25.0 Å². The molecule has 0 aliphatic rings. The summed E-state index contributed by atoms with van der Waals surface area (Å²) in [4.78, 5) is 0. The fraction of sp³-hybridized carbons (Fsp3) is 0.700. The van der Waals surface area contributed by atoms with E-state index in [0.29, 0.717) is 0 Å². The number of aryl methyl sites for hydroxylation is 2. The van der Waals surface area contributed by atoms with Crippen molar-refractivity contribution in [1.29, 1.82) is 0 Å². The third-order valence-electron chi connectivity index (χ3n) is 2.41. The minimum atomic E-state index is -4.29. The molecule has 1 unspecified atom stereocenters. The van der Waals surface area contributed by atoms with Crippen molar-refractivity contribution < 1.29 is 17.9 Å². The Labute approximate surface area is 97.8 Å². The summed E-state index contributed by atoms with van der Waals surface area (Å²) in [5.41, 5.74) is 1.75. The third-order valence-corrected chi connectivity index (χ3v) is 2.41. The standard InChI is InChI=1S/C10H16F3N3O/c1-7-4-15-16(3)9(7)8(14-2)5-17-6-10(11,12)13/h4,8,14H,5-6H2,1-3H3. The summed E-state index contributed by atoms with van der Waals surface area (Å²) in [5.74, 6) is 0. The molecular formula is C10H16F3N3O. The normalized spacial score (nSPS) is 14.0. The first-order valence-electron chi connectivity index (χ1n) is 5.15. The molecule has 0 bridgehead atoms. The predicted octanol–water partition coefficient (Wildman–Crippen LogP) is 1.57. The lowest BCUT2D eigenvalue weighted by Crippen LogP contribution is -2.27. The van der Waals surface area contributed by atoms with Crippen molar-refractivity contribution in [2.75, 3.05) is 20.3 Å². The molecule has 0 saturated heterocycles. The number of alkyl halides is 3. The Morgan fingerprint density at radius 2 is 2.18 bits per heavy atom. The minimum Gasteiger partial charge on any atom is -0.370 e. The topological polar surface area (TPSA) is 39.1 Å². The second-order valence-corrected chi connectivity index (χ2v) is 3.81. The number of nitrogens with zero attached hydrogens (tertiary/aromatic N) is 2. The fourth-order valence-electron chi connectivity index (χ4n) is 1.65. The molecule has 1 N–H and O–H groups in total. The summed E-state index contributed by atoms with van der Waals surface area (Å²) in [5, 5.41) is 6.96. The van der Waals surface area contributed by atoms with Crippen molar-refractivity contribution >= 4 is 0 Å². The van der Waals surface area contributed by atoms with E-state index >= 15 is 0 Å². The van der Waals surface area contributed by atoms with Crippen LogP contribution in [0.5, 0.6) is 0 Å². The summed E-state index contributed by atoms with van der Waals surface area (Å²) < 4.78 is 42.1. The summed E-state index contributed by atoms with van der Waals surface area (Å²) in [7, 11) is 3.42. The second kappa shape index (κ2) is 5.50. The largest absolute Gasteiger partial charge is 0.411 e. The number of likely N-dealkylation sites (N-methyl/N-ethyl adjacent to an activating group) is 1. The van der Waals surface area contributed by atoms with Gasteiger partial charge in [-0.3, -0.25) is 4.68 Å². The molecule has 1 rings (SSSR count). The molecule has 0 fully saturated rings. The molecule has 1 heterocycles. The molecule has 1 atom stereocenters. The van der Waals surface area contributed by atoms with Gasteiger partial charge in [0.05, 0.1) is 24.5 Å². The van der Waals surface area contributed by atoms with Crippen molar-refractivity contribution in [1.82, 2.24) is 15.1 Å². The summed E-state index contributed by atoms with van der Waals surface area (Å²) in [6.45, 7) is 0.578. The molecule has 0 radical (unpaired) electrons. The van der Waals surface area contributed by atoms with E-state index in [4.69, 9.17) is 0 Å². The van der Waals surface area contributed by atoms with Crippen molar-refractivity contribution in [2.24, 2.45) is 7.05 Å². The number of nitrogens with one attached hydrogen (secondary N) is 1. The number of hydrogen-bond donors (Lipinski definition) is 1. The molecule has 1 aromatic heterocycles. The molecule has 0 aliphatic carbocycles. The van der Waals surface area contributed by atoms with Gasteiger partial charge in [-0.2, -0.15) is 18.3 Å². The molecule has 0 spiro atoms. The summed E-state index contributed by atoms with van der Waals surface area (Å²) in [6.07, 6.45) is -2.62. The Kier molecular flexibility index (Phi) is 4.53. The van der Waals surface area contributed by atoms with Crippen LogP contribution in [0.4, 0.5) is 13.2 Å². The molecule has 0 saturated carbocycles. The van der Waals surface area contributed by atoms with Gasteiger partial charge in [-0.25, -0.2) is 0 Å². The average Bonchev–Trinajstić information content (AvgIpc) is 2.53. The summed E-state index contributed by atoms with van der Waals surface area (Å²) in [6, 6.07) is -0.301. The molecule has 0 amide bonds. The number of halogens is 3. The molecule has 0 aromatic carbocycles. The van der Waals surface area contributed by atoms with Crippen LogP contribution in [0.3, 0.4) is 0 Å². The van der Waals surface area contributed by atoms with Gasteiger partial charge in [0, 0.05) is 7.05 Å². The number of ether oxygens (including phenoxy) is 1. The van der Waals surface area contributed by atoms with E-state index < -0.39 is 12.8 Å². The smallest absolute Gasteiger partial charge is 0.370 e. The Hall–Kier alpha value is -1.08. The van der Waals surface area contributed by atoms with Gasteiger partial charge in [0.2, 0.25) is 0 Å². The van der Waals surface area contributed by atoms with Crippen LogP contribution in [0.2, 0.25) is 0 Å². The van der Waals surface area contributed by atoms with Gasteiger partial charge in [0.15, 0.2) is 0 Å². The Morgan fingerprint density at radius 3 is 2.59 bits per heavy atom. The SMILES string of the molecule is CNC(COCC(F)(F)F)c1c(C)cnn1C. The zero-order chi connectivity index (χ0) is 13.1. The van der Waals surface area contributed by atoms with Crippen LogP contribution >= 0.6 is 0 Å². The lowest BCUT2D eigenvalue weighted by molar-refractivity contribution is -0.175. The highest BCUT2D eigenvalue weighted by atomic mass is 19.4. The Balaban J connectivity index is 2.61. The van der Waals surface area contributed by atoms with Crippen molar-refractivity contribution in [3.05, 3.63) is 17.5 Å². The Bertz CT molecular complexity index is 343. The molecule has 0 aliphatic heterocycles. The number of hydrogen-bond acceptors (Lipinski definition) is 3. The van der Waals surface area contributed by atoms with Crippen LogP contribution in [-0.2, 0) is 11.8 Å². The van der Waals surface area contributed by atoms with Gasteiger partial charge in [0.1, 0.15) is 6.61 Å². The van der Waals surface area contributed by atoms with Gasteiger partial charge in [0.25, 0.3) is 0 Å².